The predicted octanol–water partition coefficient (Wildman–Crippen LogP) is -1.23. The van der Waals surface area contributed by atoms with Crippen molar-refractivity contribution in [3.8, 4) is 0 Å². The molecule has 16 heteroatoms. The molecule has 1 aromatic heterocycles. The lowest BCUT2D eigenvalue weighted by molar-refractivity contribution is -0.242. The van der Waals surface area contributed by atoms with Crippen LogP contribution in [0.4, 0.5) is 5.13 Å². The molecule has 4 heterocycles. The molecule has 3 fully saturated rings. The summed E-state index contributed by atoms with van der Waals surface area (Å²) in [5.74, 6) is -7.41. The number of carboxylic acid groups (broad SMARTS) is 2. The number of nitrogens with two attached hydrogens (primary N) is 1. The van der Waals surface area contributed by atoms with Gasteiger partial charge in [-0.05, 0) is 6.42 Å². The van der Waals surface area contributed by atoms with Crippen LogP contribution in [0.1, 0.15) is 25.0 Å². The predicted molar refractivity (Wildman–Crippen MR) is 113 cm³/mol. The fourth-order valence-corrected chi connectivity index (χ4v) is 6.92. The van der Waals surface area contributed by atoms with Gasteiger partial charge in [-0.2, -0.15) is 0 Å². The summed E-state index contributed by atoms with van der Waals surface area (Å²) in [7, 11) is -1.72. The van der Waals surface area contributed by atoms with Crippen LogP contribution in [0.2, 0.25) is 0 Å². The molecule has 34 heavy (non-hydrogen) atoms. The van der Waals surface area contributed by atoms with Crippen LogP contribution in [0.3, 0.4) is 0 Å². The lowest BCUT2D eigenvalue weighted by Crippen LogP contribution is -2.80. The second-order valence-corrected chi connectivity index (χ2v) is 10.2. The summed E-state index contributed by atoms with van der Waals surface area (Å²) in [5.41, 5.74) is 2.92. The number of carboxylic acids is 2. The smallest absolute Gasteiger partial charge is 0.370 e. The van der Waals surface area contributed by atoms with Crippen molar-refractivity contribution in [3.63, 3.8) is 0 Å². The van der Waals surface area contributed by atoms with Gasteiger partial charge in [-0.1, -0.05) is 5.16 Å². The lowest BCUT2D eigenvalue weighted by Gasteiger charge is -2.59. The number of esters is 1. The summed E-state index contributed by atoms with van der Waals surface area (Å²) in [6.45, 7) is -0.840. The van der Waals surface area contributed by atoms with E-state index >= 15 is 0 Å². The largest absolute Gasteiger partial charge is 0.479 e. The molecule has 1 aromatic rings. The number of ketones is 1. The Labute approximate surface area is 197 Å². The van der Waals surface area contributed by atoms with Crippen LogP contribution in [0.25, 0.3) is 0 Å². The van der Waals surface area contributed by atoms with E-state index in [1.165, 1.54) is 5.38 Å². The summed E-state index contributed by atoms with van der Waals surface area (Å²) < 4.78 is 18.1. The second kappa shape index (κ2) is 8.75. The molecule has 4 rings (SSSR count). The number of oxime groups is 1. The zero-order valence-corrected chi connectivity index (χ0v) is 18.9. The van der Waals surface area contributed by atoms with Gasteiger partial charge in [-0.25, -0.2) is 14.6 Å². The number of nitrogen functional groups attached to an aromatic ring is 1. The highest BCUT2D eigenvalue weighted by atomic mass is 32.2. The average Bonchev–Trinajstić information content (AvgIpc) is 3.19. The molecule has 0 radical (unpaired) electrons. The fraction of sp³-hybridized carbons (Fsp3) is 0.500. The Hall–Kier alpha value is -3.40. The van der Waals surface area contributed by atoms with Gasteiger partial charge in [-0.3, -0.25) is 23.5 Å². The van der Waals surface area contributed by atoms with Gasteiger partial charge in [0.25, 0.3) is 5.72 Å². The standard InChI is InChI=1S/C18H18N4O10S2/c19-17-20-9(5-33-17)13(21-31-4-11(24)25)10(23)3-8-14(27)22-15(8)34(30)6-7-1-2-12(26)32-18(7,22)16(28)29/h5,7-8,15H,1-4,6H2,(H2,19,20)(H,24,25)(H,28,29)/b21-13-/t7-,8+,15+,18+,34-/m0/s1. The minimum atomic E-state index is -2.27. The molecule has 3 saturated heterocycles. The van der Waals surface area contributed by atoms with Crippen LogP contribution in [0, 0.1) is 11.8 Å². The number of Topliss-reactive ketones (excluding diaryl/α,β-unsaturated/α-hetero) is 1. The third-order valence-corrected chi connectivity index (χ3v) is 8.23. The molecule has 0 spiro atoms. The Balaban J connectivity index is 1.59. The zero-order chi connectivity index (χ0) is 24.8. The summed E-state index contributed by atoms with van der Waals surface area (Å²) in [5, 5.41) is 22.5. The Morgan fingerprint density at radius 1 is 1.38 bits per heavy atom. The lowest BCUT2D eigenvalue weighted by atomic mass is 9.81. The summed E-state index contributed by atoms with van der Waals surface area (Å²) >= 11 is 0.987. The monoisotopic (exact) mass is 514 g/mol. The number of β-lactam (4-membered cyclic amide) rings is 1. The maximum atomic E-state index is 13.0. The number of carbonyl (C=O) groups is 5. The maximum Gasteiger partial charge on any atom is 0.370 e. The molecular formula is C18H18N4O10S2. The first-order valence-corrected chi connectivity index (χ1v) is 12.1. The van der Waals surface area contributed by atoms with Gasteiger partial charge >= 0.3 is 17.9 Å². The molecule has 4 N–H and O–H groups in total. The molecule has 5 atom stereocenters. The van der Waals surface area contributed by atoms with E-state index in [9.17, 15) is 33.3 Å². The van der Waals surface area contributed by atoms with E-state index in [1.807, 2.05) is 0 Å². The van der Waals surface area contributed by atoms with Crippen molar-refractivity contribution in [2.75, 3.05) is 18.1 Å². The van der Waals surface area contributed by atoms with Crippen LogP contribution in [-0.4, -0.2) is 83.1 Å². The van der Waals surface area contributed by atoms with E-state index in [2.05, 4.69) is 15.0 Å². The summed E-state index contributed by atoms with van der Waals surface area (Å²) in [6.07, 6.45) is -0.495. The SMILES string of the molecule is Nc1nc(/C(=N/OCC(=O)O)C(=O)C[C@@H]2C(=O)N3[C@@H]2[S@@](=O)C[C@@H]2CCC(=O)O[C@@]23C(=O)O)cs1. The first-order valence-electron chi connectivity index (χ1n) is 9.88. The quantitative estimate of drug-likeness (QED) is 0.161. The number of amides is 1. The van der Waals surface area contributed by atoms with Crippen molar-refractivity contribution in [3.05, 3.63) is 11.1 Å². The molecule has 1 amide bonds. The van der Waals surface area contributed by atoms with Crippen LogP contribution < -0.4 is 5.73 Å². The number of carbonyl (C=O) groups excluding carboxylic acids is 3. The average molecular weight is 514 g/mol. The van der Waals surface area contributed by atoms with Gasteiger partial charge in [0.2, 0.25) is 12.5 Å². The molecule has 0 saturated carbocycles. The molecule has 0 aromatic carbocycles. The fourth-order valence-electron chi connectivity index (χ4n) is 4.31. The summed E-state index contributed by atoms with van der Waals surface area (Å²) in [4.78, 5) is 70.2. The minimum absolute atomic E-state index is 0.00503. The highest BCUT2D eigenvalue weighted by Gasteiger charge is 2.71. The van der Waals surface area contributed by atoms with Crippen molar-refractivity contribution in [1.82, 2.24) is 9.88 Å². The Morgan fingerprint density at radius 2 is 2.12 bits per heavy atom. The van der Waals surface area contributed by atoms with E-state index in [0.717, 1.165) is 16.2 Å². The first-order chi connectivity index (χ1) is 16.1. The maximum absolute atomic E-state index is 13.0. The van der Waals surface area contributed by atoms with E-state index < -0.39 is 82.1 Å². The Bertz CT molecular complexity index is 1150. The van der Waals surface area contributed by atoms with E-state index in [1.54, 1.807) is 0 Å². The number of thiazole rings is 1. The number of anilines is 1. The van der Waals surface area contributed by atoms with E-state index in [0.29, 0.717) is 0 Å². The van der Waals surface area contributed by atoms with Gasteiger partial charge in [0.1, 0.15) is 11.1 Å². The second-order valence-electron chi connectivity index (χ2n) is 7.77. The molecule has 3 aliphatic rings. The first kappa shape index (κ1) is 23.7. The third kappa shape index (κ3) is 3.81. The van der Waals surface area contributed by atoms with E-state index in [4.69, 9.17) is 15.6 Å². The van der Waals surface area contributed by atoms with Crippen LogP contribution in [0.15, 0.2) is 10.5 Å². The normalized spacial score (nSPS) is 30.5. The van der Waals surface area contributed by atoms with Gasteiger partial charge in [-0.15, -0.1) is 11.3 Å². The Kier molecular flexibility index (Phi) is 6.11. The molecule has 182 valence electrons. The number of hydrogen-bond acceptors (Lipinski definition) is 12. The highest BCUT2D eigenvalue weighted by molar-refractivity contribution is 7.85. The van der Waals surface area contributed by atoms with Crippen molar-refractivity contribution in [1.29, 1.82) is 0 Å². The van der Waals surface area contributed by atoms with Gasteiger partial charge in [0.05, 0.1) is 5.92 Å². The number of aliphatic carboxylic acids is 2. The van der Waals surface area contributed by atoms with E-state index in [-0.39, 0.29) is 29.4 Å². The molecule has 0 bridgehead atoms. The third-order valence-electron chi connectivity index (χ3n) is 5.75. The molecule has 3 aliphatic heterocycles. The minimum Gasteiger partial charge on any atom is -0.479 e. The van der Waals surface area contributed by atoms with Crippen molar-refractivity contribution < 1.29 is 48.0 Å². The number of hydrogen-bond donors (Lipinski definition) is 3. The Morgan fingerprint density at radius 3 is 2.74 bits per heavy atom. The number of nitrogens with zero attached hydrogens (tertiary/aromatic N) is 3. The number of rotatable bonds is 8. The van der Waals surface area contributed by atoms with Gasteiger partial charge in [0, 0.05) is 40.7 Å². The van der Waals surface area contributed by atoms with Gasteiger partial charge < -0.3 is 25.5 Å². The molecule has 0 aliphatic carbocycles. The summed E-state index contributed by atoms with van der Waals surface area (Å²) in [6, 6.07) is 0. The topological polar surface area (TPSA) is 216 Å². The number of aromatic nitrogens is 1. The molecule has 0 unspecified atom stereocenters. The zero-order valence-electron chi connectivity index (χ0n) is 17.2. The van der Waals surface area contributed by atoms with Crippen LogP contribution >= 0.6 is 11.3 Å². The molecular weight excluding hydrogens is 496 g/mol. The molecule has 14 nitrogen and oxygen atoms in total. The van der Waals surface area contributed by atoms with Crippen molar-refractivity contribution in [2.45, 2.75) is 30.4 Å². The number of fused-ring (bicyclic) bond motifs is 3. The number of ether oxygens (including phenoxy) is 1. The van der Waals surface area contributed by atoms with Crippen LogP contribution in [-0.2, 0) is 44.3 Å². The van der Waals surface area contributed by atoms with Gasteiger partial charge in [0.15, 0.2) is 16.6 Å². The van der Waals surface area contributed by atoms with Crippen molar-refractivity contribution in [2.24, 2.45) is 17.0 Å². The van der Waals surface area contributed by atoms with Crippen LogP contribution in [0.5, 0.6) is 0 Å². The van der Waals surface area contributed by atoms with Crippen molar-refractivity contribution >= 4 is 62.6 Å². The highest BCUT2D eigenvalue weighted by Crippen LogP contribution is 2.49.